The van der Waals surface area contributed by atoms with Gasteiger partial charge in [-0.2, -0.15) is 0 Å². The highest BCUT2D eigenvalue weighted by atomic mass is 32.2. The zero-order valence-electron chi connectivity index (χ0n) is 18.4. The number of amides is 1. The number of nitrogens with one attached hydrogen (secondary N) is 1. The number of sulfonamides is 1. The van der Waals surface area contributed by atoms with Gasteiger partial charge in [-0.1, -0.05) is 17.7 Å². The van der Waals surface area contributed by atoms with Crippen LogP contribution in [0.15, 0.2) is 47.4 Å². The van der Waals surface area contributed by atoms with Crippen molar-refractivity contribution in [3.05, 3.63) is 64.8 Å². The summed E-state index contributed by atoms with van der Waals surface area (Å²) in [5, 5.41) is 8.43. The number of nitrogens with two attached hydrogens (primary N) is 1. The van der Waals surface area contributed by atoms with Gasteiger partial charge in [-0.15, -0.1) is 0 Å². The lowest BCUT2D eigenvalue weighted by atomic mass is 9.89. The molecule has 1 unspecified atom stereocenters. The summed E-state index contributed by atoms with van der Waals surface area (Å²) < 4.78 is 28.7. The van der Waals surface area contributed by atoms with Crippen LogP contribution < -0.4 is 10.5 Å². The Hall–Kier alpha value is -3.30. The highest BCUT2D eigenvalue weighted by Gasteiger charge is 2.27. The molecule has 4 rings (SSSR count). The van der Waals surface area contributed by atoms with Gasteiger partial charge in [0.15, 0.2) is 6.10 Å². The van der Waals surface area contributed by atoms with Crippen molar-refractivity contribution < 1.29 is 22.7 Å². The smallest absolute Gasteiger partial charge is 0.339 e. The molecule has 1 atom stereocenters. The molecule has 1 aliphatic carbocycles. The second-order valence-corrected chi connectivity index (χ2v) is 9.81. The van der Waals surface area contributed by atoms with Crippen molar-refractivity contribution in [3.8, 4) is 0 Å². The number of anilines is 1. The summed E-state index contributed by atoms with van der Waals surface area (Å²) >= 11 is 0. The van der Waals surface area contributed by atoms with Crippen molar-refractivity contribution in [1.29, 1.82) is 0 Å². The summed E-state index contributed by atoms with van der Waals surface area (Å²) in [5.41, 5.74) is 4.21. The van der Waals surface area contributed by atoms with Crippen LogP contribution in [0.1, 0.15) is 46.9 Å². The van der Waals surface area contributed by atoms with Crippen molar-refractivity contribution in [1.82, 2.24) is 4.98 Å². The van der Waals surface area contributed by atoms with E-state index < -0.39 is 28.0 Å². The number of primary sulfonamides is 1. The Morgan fingerprint density at radius 1 is 1.12 bits per heavy atom. The summed E-state index contributed by atoms with van der Waals surface area (Å²) in [6.07, 6.45) is 2.40. The van der Waals surface area contributed by atoms with E-state index in [1.165, 1.54) is 31.2 Å². The number of ether oxygens (including phenoxy) is 1. The molecule has 1 aliphatic rings. The number of fused-ring (bicyclic) bond motifs is 2. The molecule has 33 heavy (non-hydrogen) atoms. The van der Waals surface area contributed by atoms with Gasteiger partial charge in [-0.25, -0.2) is 18.4 Å². The molecule has 1 aromatic heterocycles. The number of carbonyl (C=O) groups is 2. The lowest BCUT2D eigenvalue weighted by molar-refractivity contribution is -0.123. The second-order valence-electron chi connectivity index (χ2n) is 8.25. The van der Waals surface area contributed by atoms with Crippen molar-refractivity contribution in [2.24, 2.45) is 5.14 Å². The molecule has 0 bridgehead atoms. The summed E-state index contributed by atoms with van der Waals surface area (Å²) in [7, 11) is -3.91. The van der Waals surface area contributed by atoms with Crippen LogP contribution in [0.5, 0.6) is 0 Å². The normalized spacial score (nSPS) is 14.4. The minimum absolute atomic E-state index is 0.129. The third-order valence-corrected chi connectivity index (χ3v) is 6.62. The van der Waals surface area contributed by atoms with E-state index in [2.05, 4.69) is 5.32 Å². The molecule has 2 aromatic carbocycles. The molecule has 1 amide bonds. The molecule has 8 nitrogen and oxygen atoms in total. The highest BCUT2D eigenvalue weighted by molar-refractivity contribution is 7.89. The second kappa shape index (κ2) is 8.92. The quantitative estimate of drug-likeness (QED) is 0.554. The van der Waals surface area contributed by atoms with Crippen LogP contribution in [0.3, 0.4) is 0 Å². The summed E-state index contributed by atoms with van der Waals surface area (Å²) in [5.74, 6) is -1.16. The first kappa shape index (κ1) is 22.9. The van der Waals surface area contributed by atoms with Gasteiger partial charge >= 0.3 is 5.97 Å². The first-order chi connectivity index (χ1) is 15.6. The van der Waals surface area contributed by atoms with E-state index in [-0.39, 0.29) is 10.6 Å². The van der Waals surface area contributed by atoms with Crippen molar-refractivity contribution in [2.45, 2.75) is 50.5 Å². The van der Waals surface area contributed by atoms with Crippen LogP contribution >= 0.6 is 0 Å². The molecular weight excluding hydrogens is 442 g/mol. The molecule has 0 aliphatic heterocycles. The summed E-state index contributed by atoms with van der Waals surface area (Å²) in [6, 6.07) is 11.3. The van der Waals surface area contributed by atoms with Gasteiger partial charge in [0.2, 0.25) is 10.0 Å². The van der Waals surface area contributed by atoms with Gasteiger partial charge in [0.05, 0.1) is 16.0 Å². The molecule has 1 heterocycles. The minimum Gasteiger partial charge on any atom is -0.449 e. The monoisotopic (exact) mass is 467 g/mol. The maximum atomic E-state index is 13.3. The van der Waals surface area contributed by atoms with Gasteiger partial charge in [0, 0.05) is 16.8 Å². The maximum absolute atomic E-state index is 13.3. The zero-order valence-corrected chi connectivity index (χ0v) is 19.2. The summed E-state index contributed by atoms with van der Waals surface area (Å²) in [6.45, 7) is 3.41. The van der Waals surface area contributed by atoms with Crippen molar-refractivity contribution in [2.75, 3.05) is 5.32 Å². The topological polar surface area (TPSA) is 128 Å². The van der Waals surface area contributed by atoms with Crippen LogP contribution in [0.25, 0.3) is 10.9 Å². The van der Waals surface area contributed by atoms with Crippen LogP contribution in [0, 0.1) is 6.92 Å². The van der Waals surface area contributed by atoms with Gasteiger partial charge in [0.25, 0.3) is 5.91 Å². The Morgan fingerprint density at radius 2 is 1.88 bits per heavy atom. The van der Waals surface area contributed by atoms with E-state index >= 15 is 0 Å². The molecule has 0 spiro atoms. The average Bonchev–Trinajstić information content (AvgIpc) is 2.77. The van der Waals surface area contributed by atoms with E-state index in [0.29, 0.717) is 10.9 Å². The van der Waals surface area contributed by atoms with Gasteiger partial charge in [-0.3, -0.25) is 9.78 Å². The first-order valence-electron chi connectivity index (χ1n) is 10.7. The fourth-order valence-corrected chi connectivity index (χ4v) is 4.60. The number of benzene rings is 2. The summed E-state index contributed by atoms with van der Waals surface area (Å²) in [4.78, 5) is 30.6. The number of hydrogen-bond acceptors (Lipinski definition) is 6. The number of carbonyl (C=O) groups excluding carboxylic acids is 2. The Morgan fingerprint density at radius 3 is 2.64 bits per heavy atom. The number of esters is 1. The van der Waals surface area contributed by atoms with Crippen molar-refractivity contribution in [3.63, 3.8) is 0 Å². The molecule has 0 radical (unpaired) electrons. The van der Waals surface area contributed by atoms with Crippen LogP contribution in [0.4, 0.5) is 5.69 Å². The molecule has 172 valence electrons. The number of pyridine rings is 1. The largest absolute Gasteiger partial charge is 0.449 e. The lowest BCUT2D eigenvalue weighted by Crippen LogP contribution is -2.30. The number of nitrogens with zero attached hydrogens (tertiary/aromatic N) is 1. The van der Waals surface area contributed by atoms with Gasteiger partial charge in [-0.05, 0) is 75.4 Å². The SMILES string of the molecule is Cc1ccc2nc3c(c(C(=O)OC(C)C(=O)Nc4cccc(S(N)(=O)=O)c4)c2c1)CCCC3. The maximum Gasteiger partial charge on any atom is 0.339 e. The fourth-order valence-electron chi connectivity index (χ4n) is 4.04. The minimum atomic E-state index is -3.91. The molecule has 3 aromatic rings. The molecule has 9 heteroatoms. The molecule has 0 fully saturated rings. The number of rotatable bonds is 5. The fraction of sp³-hybridized carbons (Fsp3) is 0.292. The number of aromatic nitrogens is 1. The average molecular weight is 468 g/mol. The van der Waals surface area contributed by atoms with Crippen LogP contribution in [-0.2, 0) is 32.4 Å². The molecular formula is C24H25N3O5S. The lowest BCUT2D eigenvalue weighted by Gasteiger charge is -2.21. The predicted molar refractivity (Wildman–Crippen MR) is 124 cm³/mol. The van der Waals surface area contributed by atoms with Crippen LogP contribution in [0.2, 0.25) is 0 Å². The molecule has 0 saturated heterocycles. The van der Waals surface area contributed by atoms with Gasteiger partial charge < -0.3 is 10.1 Å². The first-order valence-corrected chi connectivity index (χ1v) is 12.2. The number of hydrogen-bond donors (Lipinski definition) is 2. The van der Waals surface area contributed by atoms with Crippen LogP contribution in [-0.4, -0.2) is 31.4 Å². The van der Waals surface area contributed by atoms with Gasteiger partial charge in [0.1, 0.15) is 0 Å². The Balaban J connectivity index is 1.59. The Kier molecular flexibility index (Phi) is 6.18. The number of aryl methyl sites for hydroxylation is 2. The predicted octanol–water partition coefficient (Wildman–Crippen LogP) is 3.25. The highest BCUT2D eigenvalue weighted by Crippen LogP contribution is 2.30. The molecule has 0 saturated carbocycles. The van der Waals surface area contributed by atoms with E-state index in [4.69, 9.17) is 14.9 Å². The third kappa shape index (κ3) is 4.89. The zero-order chi connectivity index (χ0) is 23.8. The standard InChI is InChI=1S/C24H25N3O5S/c1-14-10-11-21-19(12-14)22(18-8-3-4-9-20(18)27-21)24(29)32-15(2)23(28)26-16-6-5-7-17(13-16)33(25,30)31/h5-7,10-13,15H,3-4,8-9H2,1-2H3,(H,26,28)(H2,25,30,31). The van der Waals surface area contributed by atoms with E-state index in [1.54, 1.807) is 0 Å². The third-order valence-electron chi connectivity index (χ3n) is 5.70. The molecule has 3 N–H and O–H groups in total. The van der Waals surface area contributed by atoms with E-state index in [1.807, 2.05) is 25.1 Å². The Labute approximate surface area is 192 Å². The Bertz CT molecular complexity index is 1370. The van der Waals surface area contributed by atoms with E-state index in [0.717, 1.165) is 48.0 Å². The van der Waals surface area contributed by atoms with Crippen molar-refractivity contribution >= 4 is 38.5 Å². The van der Waals surface area contributed by atoms with E-state index in [9.17, 15) is 18.0 Å².